The Balaban J connectivity index is 1.67. The summed E-state index contributed by atoms with van der Waals surface area (Å²) in [5.74, 6) is 1.06. The van der Waals surface area contributed by atoms with Crippen LogP contribution in [0.15, 0.2) is 54.1 Å². The number of hydrogen-bond acceptors (Lipinski definition) is 2. The highest BCUT2D eigenvalue weighted by Gasteiger charge is 2.20. The molecule has 0 saturated heterocycles. The van der Waals surface area contributed by atoms with Crippen LogP contribution >= 0.6 is 0 Å². The van der Waals surface area contributed by atoms with E-state index in [-0.39, 0.29) is 5.78 Å². The molecule has 3 rings (SSSR count). The lowest BCUT2D eigenvalue weighted by Gasteiger charge is -2.17. The van der Waals surface area contributed by atoms with Crippen LogP contribution in [0.25, 0.3) is 6.08 Å². The number of rotatable bonds is 6. The molecule has 1 aliphatic carbocycles. The second-order valence-electron chi connectivity index (χ2n) is 6.28. The molecule has 2 aromatic carbocycles. The van der Waals surface area contributed by atoms with Gasteiger partial charge in [0.2, 0.25) is 0 Å². The summed E-state index contributed by atoms with van der Waals surface area (Å²) >= 11 is 0. The molecule has 0 saturated carbocycles. The summed E-state index contributed by atoms with van der Waals surface area (Å²) in [4.78, 5) is 12.6. The molecule has 0 radical (unpaired) electrons. The molecular weight excluding hydrogens is 296 g/mol. The van der Waals surface area contributed by atoms with Crippen LogP contribution in [-0.4, -0.2) is 12.4 Å². The van der Waals surface area contributed by atoms with Crippen molar-refractivity contribution < 1.29 is 9.53 Å². The number of carbonyl (C=O) groups is 1. The van der Waals surface area contributed by atoms with E-state index in [1.807, 2.05) is 48.5 Å². The molecule has 0 aromatic heterocycles. The number of benzene rings is 2. The third kappa shape index (κ3) is 3.94. The Morgan fingerprint density at radius 1 is 1.00 bits per heavy atom. The van der Waals surface area contributed by atoms with Gasteiger partial charge in [-0.2, -0.15) is 0 Å². The molecule has 0 amide bonds. The molecule has 124 valence electrons. The van der Waals surface area contributed by atoms with Crippen molar-refractivity contribution in [2.45, 2.75) is 39.0 Å². The van der Waals surface area contributed by atoms with Crippen LogP contribution in [0.3, 0.4) is 0 Å². The SMILES string of the molecule is CCCCCOc1ccc(/C=C2\CCc3ccccc3C2=O)cc1. The molecule has 2 nitrogen and oxygen atoms in total. The van der Waals surface area contributed by atoms with E-state index in [1.54, 1.807) is 0 Å². The lowest BCUT2D eigenvalue weighted by Crippen LogP contribution is -2.13. The summed E-state index contributed by atoms with van der Waals surface area (Å²) in [7, 11) is 0. The van der Waals surface area contributed by atoms with E-state index in [9.17, 15) is 4.79 Å². The minimum absolute atomic E-state index is 0.164. The summed E-state index contributed by atoms with van der Waals surface area (Å²) in [5, 5.41) is 0. The molecule has 0 atom stereocenters. The monoisotopic (exact) mass is 320 g/mol. The van der Waals surface area contributed by atoms with Crippen LogP contribution in [-0.2, 0) is 6.42 Å². The highest BCUT2D eigenvalue weighted by Crippen LogP contribution is 2.26. The zero-order valence-corrected chi connectivity index (χ0v) is 14.3. The highest BCUT2D eigenvalue weighted by atomic mass is 16.5. The first-order valence-corrected chi connectivity index (χ1v) is 8.84. The van der Waals surface area contributed by atoms with Crippen LogP contribution in [0.4, 0.5) is 0 Å². The van der Waals surface area contributed by atoms with E-state index >= 15 is 0 Å². The Morgan fingerprint density at radius 3 is 2.58 bits per heavy atom. The molecule has 0 N–H and O–H groups in total. The first kappa shape index (κ1) is 16.5. The summed E-state index contributed by atoms with van der Waals surface area (Å²) in [6.45, 7) is 2.96. The molecule has 1 aliphatic rings. The van der Waals surface area contributed by atoms with E-state index in [4.69, 9.17) is 4.74 Å². The smallest absolute Gasteiger partial charge is 0.189 e. The minimum Gasteiger partial charge on any atom is -0.494 e. The molecule has 0 heterocycles. The van der Waals surface area contributed by atoms with Crippen molar-refractivity contribution in [3.8, 4) is 5.75 Å². The maximum absolute atomic E-state index is 12.6. The van der Waals surface area contributed by atoms with Gasteiger partial charge in [-0.05, 0) is 48.6 Å². The number of fused-ring (bicyclic) bond motifs is 1. The van der Waals surface area contributed by atoms with Crippen molar-refractivity contribution in [1.82, 2.24) is 0 Å². The quantitative estimate of drug-likeness (QED) is 0.521. The first-order valence-electron chi connectivity index (χ1n) is 8.84. The van der Waals surface area contributed by atoms with Gasteiger partial charge in [0.25, 0.3) is 0 Å². The molecule has 2 aromatic rings. The zero-order valence-electron chi connectivity index (χ0n) is 14.3. The number of carbonyl (C=O) groups excluding carboxylic acids is 1. The Hall–Kier alpha value is -2.35. The van der Waals surface area contributed by atoms with Gasteiger partial charge >= 0.3 is 0 Å². The number of ether oxygens (including phenoxy) is 1. The summed E-state index contributed by atoms with van der Waals surface area (Å²) in [6, 6.07) is 15.9. The van der Waals surface area contributed by atoms with Crippen LogP contribution in [0.5, 0.6) is 5.75 Å². The lowest BCUT2D eigenvalue weighted by molar-refractivity contribution is 0.102. The average molecular weight is 320 g/mol. The van der Waals surface area contributed by atoms with Gasteiger partial charge in [-0.25, -0.2) is 0 Å². The van der Waals surface area contributed by atoms with Gasteiger partial charge in [0.05, 0.1) is 6.61 Å². The zero-order chi connectivity index (χ0) is 16.8. The van der Waals surface area contributed by atoms with Crippen molar-refractivity contribution in [3.63, 3.8) is 0 Å². The minimum atomic E-state index is 0.164. The van der Waals surface area contributed by atoms with Gasteiger partial charge in [-0.3, -0.25) is 4.79 Å². The van der Waals surface area contributed by atoms with Crippen molar-refractivity contribution in [1.29, 1.82) is 0 Å². The van der Waals surface area contributed by atoms with Crippen molar-refractivity contribution >= 4 is 11.9 Å². The van der Waals surface area contributed by atoms with Gasteiger partial charge in [-0.15, -0.1) is 0 Å². The Bertz CT molecular complexity index is 726. The van der Waals surface area contributed by atoms with Crippen molar-refractivity contribution in [2.24, 2.45) is 0 Å². The molecule has 0 aliphatic heterocycles. The Kier molecular flexibility index (Phi) is 5.47. The number of Topliss-reactive ketones (excluding diaryl/α,β-unsaturated/α-hetero) is 1. The Morgan fingerprint density at radius 2 is 1.79 bits per heavy atom. The van der Waals surface area contributed by atoms with Gasteiger partial charge in [0, 0.05) is 11.1 Å². The molecule has 0 unspecified atom stereocenters. The predicted octanol–water partition coefficient (Wildman–Crippen LogP) is 5.47. The van der Waals surface area contributed by atoms with E-state index in [0.717, 1.165) is 53.9 Å². The van der Waals surface area contributed by atoms with E-state index in [0.29, 0.717) is 0 Å². The van der Waals surface area contributed by atoms with Crippen LogP contribution in [0, 0.1) is 0 Å². The molecule has 2 heteroatoms. The summed E-state index contributed by atoms with van der Waals surface area (Å²) in [5.41, 5.74) is 3.96. The van der Waals surface area contributed by atoms with Crippen LogP contribution in [0.2, 0.25) is 0 Å². The van der Waals surface area contributed by atoms with Gasteiger partial charge in [0.15, 0.2) is 5.78 Å². The van der Waals surface area contributed by atoms with Gasteiger partial charge in [-0.1, -0.05) is 56.2 Å². The van der Waals surface area contributed by atoms with Gasteiger partial charge < -0.3 is 4.74 Å². The third-order valence-electron chi connectivity index (χ3n) is 4.45. The van der Waals surface area contributed by atoms with Crippen molar-refractivity contribution in [3.05, 3.63) is 70.8 Å². The number of hydrogen-bond donors (Lipinski definition) is 0. The van der Waals surface area contributed by atoms with Crippen LogP contribution < -0.4 is 4.74 Å². The second kappa shape index (κ2) is 7.96. The fraction of sp³-hybridized carbons (Fsp3) is 0.318. The normalized spacial score (nSPS) is 15.4. The molecule has 24 heavy (non-hydrogen) atoms. The lowest BCUT2D eigenvalue weighted by atomic mass is 9.86. The summed E-state index contributed by atoms with van der Waals surface area (Å²) < 4.78 is 5.73. The standard InChI is InChI=1S/C22H24O2/c1-2-3-6-15-24-20-13-9-17(10-14-20)16-19-12-11-18-7-4-5-8-21(18)22(19)23/h4-5,7-10,13-14,16H,2-3,6,11-12,15H2,1H3/b19-16+. The van der Waals surface area contributed by atoms with Crippen LogP contribution in [0.1, 0.15) is 54.1 Å². The number of ketones is 1. The van der Waals surface area contributed by atoms with E-state index in [2.05, 4.69) is 13.0 Å². The Labute approximate surface area is 144 Å². The topological polar surface area (TPSA) is 26.3 Å². The highest BCUT2D eigenvalue weighted by molar-refractivity contribution is 6.13. The second-order valence-corrected chi connectivity index (χ2v) is 6.28. The maximum atomic E-state index is 12.6. The average Bonchev–Trinajstić information content (AvgIpc) is 2.63. The third-order valence-corrected chi connectivity index (χ3v) is 4.45. The van der Waals surface area contributed by atoms with Gasteiger partial charge in [0.1, 0.15) is 5.75 Å². The summed E-state index contributed by atoms with van der Waals surface area (Å²) in [6.07, 6.45) is 7.26. The molecule has 0 fully saturated rings. The van der Waals surface area contributed by atoms with Crippen molar-refractivity contribution in [2.75, 3.05) is 6.61 Å². The van der Waals surface area contributed by atoms with E-state index < -0.39 is 0 Å². The fourth-order valence-electron chi connectivity index (χ4n) is 3.06. The molecular formula is C22H24O2. The maximum Gasteiger partial charge on any atom is 0.189 e. The number of unbranched alkanes of at least 4 members (excludes halogenated alkanes) is 2. The largest absolute Gasteiger partial charge is 0.494 e. The number of aryl methyl sites for hydroxylation is 1. The first-order chi connectivity index (χ1) is 11.8. The number of allylic oxidation sites excluding steroid dienone is 1. The molecule has 0 spiro atoms. The van der Waals surface area contributed by atoms with E-state index in [1.165, 1.54) is 12.8 Å². The molecule has 0 bridgehead atoms. The predicted molar refractivity (Wildman–Crippen MR) is 98.5 cm³/mol. The fourth-order valence-corrected chi connectivity index (χ4v) is 3.06.